The van der Waals surface area contributed by atoms with Gasteiger partial charge in [-0.2, -0.15) is 0 Å². The van der Waals surface area contributed by atoms with Gasteiger partial charge in [0.2, 0.25) is 11.8 Å². The molecule has 9 nitrogen and oxygen atoms in total. The molecule has 2 N–H and O–H groups in total. The summed E-state index contributed by atoms with van der Waals surface area (Å²) in [4.78, 5) is 27.0. The smallest absolute Gasteiger partial charge is 0.407 e. The maximum atomic E-state index is 11.5. The van der Waals surface area contributed by atoms with Crippen LogP contribution in [0.1, 0.15) is 5.56 Å². The highest BCUT2D eigenvalue weighted by Gasteiger charge is 2.14. The fourth-order valence-electron chi connectivity index (χ4n) is 3.28. The maximum absolute atomic E-state index is 11.5. The number of amides is 1. The molecule has 33 heavy (non-hydrogen) atoms. The molecule has 2 aromatic heterocycles. The first-order valence-electron chi connectivity index (χ1n) is 10.3. The van der Waals surface area contributed by atoms with E-state index in [4.69, 9.17) is 32.7 Å². The summed E-state index contributed by atoms with van der Waals surface area (Å²) in [6.07, 6.45) is 2.67. The average Bonchev–Trinajstić information content (AvgIpc) is 2.83. The number of hydrogen-bond acceptors (Lipinski definition) is 8. The summed E-state index contributed by atoms with van der Waals surface area (Å²) in [5.41, 5.74) is 1.93. The van der Waals surface area contributed by atoms with Gasteiger partial charge in [0.1, 0.15) is 6.61 Å². The minimum atomic E-state index is -0.543. The second-order valence-electron chi connectivity index (χ2n) is 7.24. The van der Waals surface area contributed by atoms with Crippen LogP contribution in [0.3, 0.4) is 0 Å². The minimum absolute atomic E-state index is 0.0261. The van der Waals surface area contributed by atoms with E-state index in [2.05, 4.69) is 30.5 Å². The van der Waals surface area contributed by atoms with Gasteiger partial charge in [0.25, 0.3) is 0 Å². The molecule has 0 saturated carbocycles. The molecule has 0 radical (unpaired) electrons. The number of halogens is 2. The number of alkyl carbamates (subject to hydrolysis) is 1. The van der Waals surface area contributed by atoms with Crippen LogP contribution in [0.2, 0.25) is 10.0 Å². The average molecular weight is 489 g/mol. The van der Waals surface area contributed by atoms with Crippen molar-refractivity contribution in [2.24, 2.45) is 0 Å². The van der Waals surface area contributed by atoms with Crippen LogP contribution in [0.25, 0.3) is 11.3 Å². The Bertz CT molecular complexity index is 1100. The Labute approximate surface area is 201 Å². The van der Waals surface area contributed by atoms with Crippen LogP contribution < -0.4 is 20.3 Å². The van der Waals surface area contributed by atoms with Gasteiger partial charge in [-0.15, -0.1) is 0 Å². The number of pyridine rings is 1. The third-order valence-corrected chi connectivity index (χ3v) is 5.27. The van der Waals surface area contributed by atoms with E-state index in [9.17, 15) is 4.79 Å². The minimum Gasteiger partial charge on any atom is -0.445 e. The summed E-state index contributed by atoms with van der Waals surface area (Å²) >= 11 is 12.3. The molecule has 4 rings (SSSR count). The Kier molecular flexibility index (Phi) is 7.43. The van der Waals surface area contributed by atoms with Crippen LogP contribution in [0.5, 0.6) is 11.6 Å². The van der Waals surface area contributed by atoms with Crippen LogP contribution in [-0.4, -0.2) is 54.3 Å². The fourth-order valence-corrected chi connectivity index (χ4v) is 3.80. The zero-order valence-corrected chi connectivity index (χ0v) is 19.4. The van der Waals surface area contributed by atoms with E-state index < -0.39 is 6.09 Å². The van der Waals surface area contributed by atoms with E-state index in [0.29, 0.717) is 38.6 Å². The molecule has 172 valence electrons. The standard InChI is InChI=1S/C22H22Cl2N6O3/c1-25-22(31)32-13-14-6-19(15-8-16(23)10-17(24)9-15)29-20(7-14)33-18-11-27-21(28-12-18)30-4-2-26-3-5-30/h6-12,26H,2-5,13H2,1H3,(H,25,31). The lowest BCUT2D eigenvalue weighted by molar-refractivity contribution is 0.142. The van der Waals surface area contributed by atoms with Crippen LogP contribution in [0.4, 0.5) is 10.7 Å². The first kappa shape index (κ1) is 23.0. The van der Waals surface area contributed by atoms with Crippen molar-refractivity contribution < 1.29 is 14.3 Å². The molecule has 1 amide bonds. The molecule has 0 unspecified atom stereocenters. The SMILES string of the molecule is CNC(=O)OCc1cc(Oc2cnc(N3CCNCC3)nc2)nc(-c2cc(Cl)cc(Cl)c2)c1. The lowest BCUT2D eigenvalue weighted by Crippen LogP contribution is -2.44. The summed E-state index contributed by atoms with van der Waals surface area (Å²) in [7, 11) is 1.49. The number of benzene rings is 1. The normalized spacial score (nSPS) is 13.5. The Morgan fingerprint density at radius 3 is 2.45 bits per heavy atom. The van der Waals surface area contributed by atoms with Gasteiger partial charge < -0.3 is 25.0 Å². The van der Waals surface area contributed by atoms with Crippen molar-refractivity contribution in [3.8, 4) is 22.9 Å². The lowest BCUT2D eigenvalue weighted by Gasteiger charge is -2.27. The number of carbonyl (C=O) groups excluding carboxylic acids is 1. The number of anilines is 1. The quantitative estimate of drug-likeness (QED) is 0.538. The van der Waals surface area contributed by atoms with Gasteiger partial charge >= 0.3 is 6.09 Å². The van der Waals surface area contributed by atoms with E-state index in [1.54, 1.807) is 42.7 Å². The monoisotopic (exact) mass is 488 g/mol. The van der Waals surface area contributed by atoms with Crippen molar-refractivity contribution >= 4 is 35.2 Å². The second kappa shape index (κ2) is 10.7. The molecule has 0 aliphatic carbocycles. The van der Waals surface area contributed by atoms with E-state index in [1.165, 1.54) is 7.05 Å². The number of hydrogen-bond donors (Lipinski definition) is 2. The van der Waals surface area contributed by atoms with Gasteiger partial charge in [0.05, 0.1) is 18.1 Å². The van der Waals surface area contributed by atoms with Gasteiger partial charge in [-0.25, -0.2) is 19.7 Å². The predicted octanol–water partition coefficient (Wildman–Crippen LogP) is 3.90. The van der Waals surface area contributed by atoms with Gasteiger partial charge in [-0.1, -0.05) is 23.2 Å². The molecular formula is C22H22Cl2N6O3. The zero-order chi connectivity index (χ0) is 23.2. The van der Waals surface area contributed by atoms with Crippen molar-refractivity contribution in [3.63, 3.8) is 0 Å². The molecule has 1 aromatic carbocycles. The molecule has 3 aromatic rings. The lowest BCUT2D eigenvalue weighted by atomic mass is 10.1. The van der Waals surface area contributed by atoms with Crippen molar-refractivity contribution in [2.75, 3.05) is 38.1 Å². The van der Waals surface area contributed by atoms with E-state index in [1.807, 2.05) is 0 Å². The van der Waals surface area contributed by atoms with Crippen LogP contribution in [0, 0.1) is 0 Å². The maximum Gasteiger partial charge on any atom is 0.407 e. The summed E-state index contributed by atoms with van der Waals surface area (Å²) in [6, 6.07) is 8.59. The molecule has 11 heteroatoms. The molecule has 3 heterocycles. The Morgan fingerprint density at radius 2 is 1.79 bits per heavy atom. The Morgan fingerprint density at radius 1 is 1.09 bits per heavy atom. The third-order valence-electron chi connectivity index (χ3n) is 4.83. The largest absolute Gasteiger partial charge is 0.445 e. The van der Waals surface area contributed by atoms with Crippen molar-refractivity contribution in [1.82, 2.24) is 25.6 Å². The Hall–Kier alpha value is -3.14. The van der Waals surface area contributed by atoms with Crippen molar-refractivity contribution in [2.45, 2.75) is 6.61 Å². The second-order valence-corrected chi connectivity index (χ2v) is 8.11. The number of nitrogens with one attached hydrogen (secondary N) is 2. The molecule has 1 saturated heterocycles. The van der Waals surface area contributed by atoms with Crippen LogP contribution in [-0.2, 0) is 11.3 Å². The summed E-state index contributed by atoms with van der Waals surface area (Å²) in [6.45, 7) is 3.51. The highest BCUT2D eigenvalue weighted by molar-refractivity contribution is 6.35. The van der Waals surface area contributed by atoms with Crippen molar-refractivity contribution in [3.05, 3.63) is 58.3 Å². The summed E-state index contributed by atoms with van der Waals surface area (Å²) in [5, 5.41) is 6.67. The zero-order valence-electron chi connectivity index (χ0n) is 17.8. The molecule has 1 aliphatic heterocycles. The van der Waals surface area contributed by atoms with Gasteiger partial charge in [-0.05, 0) is 29.8 Å². The highest BCUT2D eigenvalue weighted by atomic mass is 35.5. The number of nitrogens with zero attached hydrogens (tertiary/aromatic N) is 4. The number of ether oxygens (including phenoxy) is 2. The number of aromatic nitrogens is 3. The first-order valence-corrected chi connectivity index (χ1v) is 11.0. The van der Waals surface area contributed by atoms with Gasteiger partial charge in [0.15, 0.2) is 5.75 Å². The van der Waals surface area contributed by atoms with Gasteiger partial charge in [0, 0.05) is 54.9 Å². The van der Waals surface area contributed by atoms with E-state index in [0.717, 1.165) is 26.2 Å². The topological polar surface area (TPSA) is 102 Å². The summed E-state index contributed by atoms with van der Waals surface area (Å²) in [5.74, 6) is 1.37. The third kappa shape index (κ3) is 6.22. The molecule has 1 fully saturated rings. The van der Waals surface area contributed by atoms with Crippen molar-refractivity contribution in [1.29, 1.82) is 0 Å². The molecule has 0 bridgehead atoms. The highest BCUT2D eigenvalue weighted by Crippen LogP contribution is 2.30. The predicted molar refractivity (Wildman–Crippen MR) is 126 cm³/mol. The molecule has 0 spiro atoms. The first-order chi connectivity index (χ1) is 16.0. The molecule has 1 aliphatic rings. The Balaban J connectivity index is 1.59. The molecule has 0 atom stereocenters. The van der Waals surface area contributed by atoms with E-state index >= 15 is 0 Å². The number of rotatable bonds is 6. The van der Waals surface area contributed by atoms with Gasteiger partial charge in [-0.3, -0.25) is 0 Å². The fraction of sp³-hybridized carbons (Fsp3) is 0.273. The number of piperazine rings is 1. The van der Waals surface area contributed by atoms with E-state index in [-0.39, 0.29) is 12.5 Å². The van der Waals surface area contributed by atoms with Crippen LogP contribution in [0.15, 0.2) is 42.7 Å². The number of carbonyl (C=O) groups is 1. The van der Waals surface area contributed by atoms with Crippen LogP contribution >= 0.6 is 23.2 Å². The summed E-state index contributed by atoms with van der Waals surface area (Å²) < 4.78 is 11.1. The molecular weight excluding hydrogens is 467 g/mol.